The molecule has 8 nitrogen and oxygen atoms in total. The van der Waals surface area contributed by atoms with Gasteiger partial charge >= 0.3 is 0 Å². The molecule has 0 aliphatic carbocycles. The van der Waals surface area contributed by atoms with E-state index in [0.717, 1.165) is 5.56 Å². The summed E-state index contributed by atoms with van der Waals surface area (Å²) >= 11 is 12.6. The Hall–Kier alpha value is -4.53. The van der Waals surface area contributed by atoms with E-state index >= 15 is 0 Å². The first-order valence-electron chi connectivity index (χ1n) is 12.1. The van der Waals surface area contributed by atoms with Gasteiger partial charge in [-0.1, -0.05) is 71.7 Å². The van der Waals surface area contributed by atoms with Gasteiger partial charge in [0.15, 0.2) is 23.9 Å². The van der Waals surface area contributed by atoms with Crippen molar-refractivity contribution >= 4 is 46.9 Å². The molecular formula is C30H25Cl2N3O5. The first-order chi connectivity index (χ1) is 19.4. The monoisotopic (exact) mass is 577 g/mol. The Morgan fingerprint density at radius 2 is 1.52 bits per heavy atom. The van der Waals surface area contributed by atoms with Crippen molar-refractivity contribution < 1.29 is 23.8 Å². The fourth-order valence-electron chi connectivity index (χ4n) is 3.54. The molecule has 0 bridgehead atoms. The molecule has 0 atom stereocenters. The molecule has 0 unspecified atom stereocenters. The van der Waals surface area contributed by atoms with E-state index in [1.54, 1.807) is 42.5 Å². The molecule has 0 radical (unpaired) electrons. The van der Waals surface area contributed by atoms with Gasteiger partial charge in [0.05, 0.1) is 23.4 Å². The highest BCUT2D eigenvalue weighted by molar-refractivity contribution is 6.37. The molecule has 2 amide bonds. The number of hydrogen-bond donors (Lipinski definition) is 2. The van der Waals surface area contributed by atoms with Crippen LogP contribution in [0.3, 0.4) is 0 Å². The quantitative estimate of drug-likeness (QED) is 0.159. The Morgan fingerprint density at radius 3 is 2.20 bits per heavy atom. The molecule has 4 aromatic carbocycles. The molecule has 0 spiro atoms. The first-order valence-corrected chi connectivity index (χ1v) is 12.8. The molecule has 0 aliphatic rings. The zero-order valence-electron chi connectivity index (χ0n) is 21.4. The lowest BCUT2D eigenvalue weighted by atomic mass is 10.2. The van der Waals surface area contributed by atoms with Crippen LogP contribution in [0.2, 0.25) is 10.0 Å². The van der Waals surface area contributed by atoms with E-state index in [9.17, 15) is 9.59 Å². The van der Waals surface area contributed by atoms with Crippen LogP contribution in [-0.4, -0.2) is 31.7 Å². The van der Waals surface area contributed by atoms with Gasteiger partial charge in [0, 0.05) is 11.3 Å². The third kappa shape index (κ3) is 7.99. The van der Waals surface area contributed by atoms with Crippen LogP contribution in [0.1, 0.15) is 21.5 Å². The zero-order chi connectivity index (χ0) is 28.3. The van der Waals surface area contributed by atoms with E-state index in [1.807, 2.05) is 48.5 Å². The Labute approximate surface area is 241 Å². The number of methoxy groups -OCH3 is 1. The minimum Gasteiger partial charge on any atom is -0.493 e. The second-order valence-corrected chi connectivity index (χ2v) is 9.17. The van der Waals surface area contributed by atoms with Gasteiger partial charge in [-0.25, -0.2) is 5.43 Å². The summed E-state index contributed by atoms with van der Waals surface area (Å²) < 4.78 is 16.7. The summed E-state index contributed by atoms with van der Waals surface area (Å²) in [5, 5.41) is 7.07. The summed E-state index contributed by atoms with van der Waals surface area (Å²) in [6.07, 6.45) is 1.39. The van der Waals surface area contributed by atoms with Gasteiger partial charge in [0.25, 0.3) is 11.8 Å². The molecule has 4 aromatic rings. The van der Waals surface area contributed by atoms with Crippen molar-refractivity contribution in [3.63, 3.8) is 0 Å². The number of carbonyl (C=O) groups excluding carboxylic acids is 2. The van der Waals surface area contributed by atoms with Gasteiger partial charge in [-0.3, -0.25) is 9.59 Å². The molecule has 0 saturated heterocycles. The second-order valence-electron chi connectivity index (χ2n) is 8.36. The normalized spacial score (nSPS) is 10.7. The van der Waals surface area contributed by atoms with Crippen molar-refractivity contribution in [1.29, 1.82) is 0 Å². The van der Waals surface area contributed by atoms with Gasteiger partial charge in [0.2, 0.25) is 0 Å². The number of para-hydroxylation sites is 1. The molecule has 0 aromatic heterocycles. The van der Waals surface area contributed by atoms with Crippen molar-refractivity contribution in [2.24, 2.45) is 5.10 Å². The third-order valence-electron chi connectivity index (χ3n) is 5.47. The van der Waals surface area contributed by atoms with Crippen molar-refractivity contribution in [3.8, 4) is 17.2 Å². The van der Waals surface area contributed by atoms with Gasteiger partial charge in [-0.15, -0.1) is 0 Å². The number of rotatable bonds is 11. The van der Waals surface area contributed by atoms with Crippen LogP contribution in [0.4, 0.5) is 5.69 Å². The summed E-state index contributed by atoms with van der Waals surface area (Å²) in [5.74, 6) is 0.272. The zero-order valence-corrected chi connectivity index (χ0v) is 22.9. The maximum absolute atomic E-state index is 12.6. The Bertz CT molecular complexity index is 1480. The van der Waals surface area contributed by atoms with Gasteiger partial charge in [-0.2, -0.15) is 5.10 Å². The predicted molar refractivity (Wildman–Crippen MR) is 156 cm³/mol. The molecule has 204 valence electrons. The number of halogens is 2. The number of benzene rings is 4. The predicted octanol–water partition coefficient (Wildman–Crippen LogP) is 6.36. The largest absolute Gasteiger partial charge is 0.493 e. The molecule has 2 N–H and O–H groups in total. The smallest absolute Gasteiger partial charge is 0.271 e. The van der Waals surface area contributed by atoms with E-state index in [2.05, 4.69) is 15.8 Å². The highest BCUT2D eigenvalue weighted by Gasteiger charge is 2.13. The summed E-state index contributed by atoms with van der Waals surface area (Å²) in [5.41, 5.74) is 4.95. The summed E-state index contributed by atoms with van der Waals surface area (Å²) in [6.45, 7) is 0.0836. The third-order valence-corrected chi connectivity index (χ3v) is 6.03. The number of amides is 2. The highest BCUT2D eigenvalue weighted by atomic mass is 35.5. The number of ether oxygens (including phenoxy) is 3. The maximum atomic E-state index is 12.6. The number of nitrogens with one attached hydrogen (secondary N) is 2. The lowest BCUT2D eigenvalue weighted by Gasteiger charge is -2.12. The molecule has 0 aliphatic heterocycles. The van der Waals surface area contributed by atoms with Gasteiger partial charge in [0.1, 0.15) is 6.61 Å². The van der Waals surface area contributed by atoms with Crippen LogP contribution in [0.5, 0.6) is 17.2 Å². The van der Waals surface area contributed by atoms with Crippen molar-refractivity contribution in [1.82, 2.24) is 5.43 Å². The summed E-state index contributed by atoms with van der Waals surface area (Å²) in [4.78, 5) is 24.8. The van der Waals surface area contributed by atoms with Crippen LogP contribution in [0.15, 0.2) is 96.1 Å². The molecule has 0 fully saturated rings. The standard InChI is InChI=1S/C30H25Cl2N3O5/c1-38-27-16-22(12-13-26(27)39-18-20-8-4-2-5-9-20)30(37)35-33-17-21-14-24(31)29(25(32)15-21)40-19-28(36)34-23-10-6-3-7-11-23/h2-17H,18-19H2,1H3,(H,34,36)(H,35,37)/b33-17+. The van der Waals surface area contributed by atoms with Crippen LogP contribution in [0.25, 0.3) is 0 Å². The average molecular weight is 578 g/mol. The Kier molecular flexibility index (Phi) is 9.99. The topological polar surface area (TPSA) is 98.3 Å². The van der Waals surface area contributed by atoms with Gasteiger partial charge < -0.3 is 19.5 Å². The van der Waals surface area contributed by atoms with Crippen molar-refractivity contribution in [3.05, 3.63) is 118 Å². The minimum atomic E-state index is -0.453. The number of anilines is 1. The Balaban J connectivity index is 1.32. The highest BCUT2D eigenvalue weighted by Crippen LogP contribution is 2.34. The SMILES string of the molecule is COc1cc(C(=O)N/N=C/c2cc(Cl)c(OCC(=O)Nc3ccccc3)c(Cl)c2)ccc1OCc1ccccc1. The van der Waals surface area contributed by atoms with E-state index < -0.39 is 5.91 Å². The van der Waals surface area contributed by atoms with Crippen molar-refractivity contribution in [2.75, 3.05) is 19.0 Å². The maximum Gasteiger partial charge on any atom is 0.271 e. The van der Waals surface area contributed by atoms with Crippen LogP contribution >= 0.6 is 23.2 Å². The van der Waals surface area contributed by atoms with Crippen LogP contribution in [-0.2, 0) is 11.4 Å². The van der Waals surface area contributed by atoms with Crippen LogP contribution in [0, 0.1) is 0 Å². The van der Waals surface area contributed by atoms with E-state index in [4.69, 9.17) is 37.4 Å². The minimum absolute atomic E-state index is 0.161. The number of nitrogens with zero attached hydrogens (tertiary/aromatic N) is 1. The molecular weight excluding hydrogens is 553 g/mol. The molecule has 0 heterocycles. The Morgan fingerprint density at radius 1 is 0.850 bits per heavy atom. The van der Waals surface area contributed by atoms with Gasteiger partial charge in [-0.05, 0) is 53.6 Å². The molecule has 4 rings (SSSR count). The van der Waals surface area contributed by atoms with E-state index in [-0.39, 0.29) is 28.3 Å². The molecule has 40 heavy (non-hydrogen) atoms. The number of hydrogen-bond acceptors (Lipinski definition) is 6. The number of carbonyl (C=O) groups is 2. The van der Waals surface area contributed by atoms with E-state index in [0.29, 0.717) is 34.9 Å². The van der Waals surface area contributed by atoms with Crippen LogP contribution < -0.4 is 25.0 Å². The lowest BCUT2D eigenvalue weighted by molar-refractivity contribution is -0.118. The molecule has 0 saturated carbocycles. The lowest BCUT2D eigenvalue weighted by Crippen LogP contribution is -2.20. The summed E-state index contributed by atoms with van der Waals surface area (Å²) in [7, 11) is 1.50. The average Bonchev–Trinajstić information content (AvgIpc) is 2.96. The van der Waals surface area contributed by atoms with E-state index in [1.165, 1.54) is 13.3 Å². The summed E-state index contributed by atoms with van der Waals surface area (Å²) in [6, 6.07) is 26.6. The number of hydrazone groups is 1. The second kappa shape index (κ2) is 14.0. The molecule has 10 heteroatoms. The fraction of sp³-hybridized carbons (Fsp3) is 0.100. The fourth-order valence-corrected chi connectivity index (χ4v) is 4.15. The van der Waals surface area contributed by atoms with Crippen molar-refractivity contribution in [2.45, 2.75) is 6.61 Å². The first kappa shape index (κ1) is 28.5.